The van der Waals surface area contributed by atoms with Crippen LogP contribution in [0.15, 0.2) is 33.9 Å². The quantitative estimate of drug-likeness (QED) is 0.736. The standard InChI is InChI=1S/C12H11BrCl2N2O2S/c1-2-11-16-12(20(15,18)19)7-17(11)6-8-3-4-9(13)5-10(8)14/h3-5,7H,2,6H2,1H3. The third kappa shape index (κ3) is 3.55. The number of nitrogens with zero attached hydrogens (tertiary/aromatic N) is 2. The minimum Gasteiger partial charge on any atom is -0.329 e. The molecule has 0 bridgehead atoms. The molecule has 108 valence electrons. The minimum atomic E-state index is -3.82. The van der Waals surface area contributed by atoms with Crippen molar-refractivity contribution >= 4 is 47.3 Å². The molecule has 8 heteroatoms. The Bertz CT molecular complexity index is 744. The van der Waals surface area contributed by atoms with Crippen LogP contribution < -0.4 is 0 Å². The van der Waals surface area contributed by atoms with E-state index in [2.05, 4.69) is 20.9 Å². The van der Waals surface area contributed by atoms with E-state index in [1.54, 1.807) is 10.6 Å². The van der Waals surface area contributed by atoms with Crippen molar-refractivity contribution in [3.8, 4) is 0 Å². The van der Waals surface area contributed by atoms with Gasteiger partial charge in [0.15, 0.2) is 5.03 Å². The van der Waals surface area contributed by atoms with E-state index in [-0.39, 0.29) is 5.03 Å². The molecule has 0 fully saturated rings. The molecule has 20 heavy (non-hydrogen) atoms. The Hall–Kier alpha value is -0.560. The maximum absolute atomic E-state index is 11.3. The molecule has 0 spiro atoms. The third-order valence-corrected chi connectivity index (χ3v) is 4.77. The molecular weight excluding hydrogens is 387 g/mol. The van der Waals surface area contributed by atoms with Gasteiger partial charge in [-0.3, -0.25) is 0 Å². The van der Waals surface area contributed by atoms with Crippen LogP contribution in [0.4, 0.5) is 0 Å². The van der Waals surface area contributed by atoms with E-state index in [0.29, 0.717) is 23.8 Å². The van der Waals surface area contributed by atoms with Gasteiger partial charge in [0.25, 0.3) is 9.05 Å². The van der Waals surface area contributed by atoms with Crippen LogP contribution in [0.5, 0.6) is 0 Å². The van der Waals surface area contributed by atoms with Crippen molar-refractivity contribution in [3.05, 3.63) is 45.3 Å². The Morgan fingerprint density at radius 1 is 1.40 bits per heavy atom. The molecule has 0 unspecified atom stereocenters. The highest BCUT2D eigenvalue weighted by Gasteiger charge is 2.17. The van der Waals surface area contributed by atoms with Crippen molar-refractivity contribution in [2.75, 3.05) is 0 Å². The van der Waals surface area contributed by atoms with Gasteiger partial charge in [0.1, 0.15) is 5.82 Å². The molecule has 2 rings (SSSR count). The second-order valence-electron chi connectivity index (χ2n) is 4.15. The van der Waals surface area contributed by atoms with E-state index in [4.69, 9.17) is 22.3 Å². The molecule has 4 nitrogen and oxygen atoms in total. The average Bonchev–Trinajstić information content (AvgIpc) is 2.75. The lowest BCUT2D eigenvalue weighted by Crippen LogP contribution is -2.03. The summed E-state index contributed by atoms with van der Waals surface area (Å²) in [5.41, 5.74) is 0.875. The third-order valence-electron chi connectivity index (χ3n) is 2.76. The summed E-state index contributed by atoms with van der Waals surface area (Å²) in [4.78, 5) is 4.03. The number of rotatable bonds is 4. The number of hydrogen-bond acceptors (Lipinski definition) is 3. The van der Waals surface area contributed by atoms with Crippen LogP contribution in [0.25, 0.3) is 0 Å². The lowest BCUT2D eigenvalue weighted by Gasteiger charge is -2.08. The lowest BCUT2D eigenvalue weighted by molar-refractivity contribution is 0.606. The molecule has 0 atom stereocenters. The maximum atomic E-state index is 11.3. The van der Waals surface area contributed by atoms with E-state index in [1.807, 2.05) is 19.1 Å². The second-order valence-corrected chi connectivity index (χ2v) is 7.99. The Balaban J connectivity index is 2.40. The van der Waals surface area contributed by atoms with Crippen LogP contribution in [-0.4, -0.2) is 18.0 Å². The summed E-state index contributed by atoms with van der Waals surface area (Å²) in [7, 11) is 1.50. The van der Waals surface area contributed by atoms with Gasteiger partial charge in [-0.05, 0) is 17.7 Å². The van der Waals surface area contributed by atoms with Gasteiger partial charge >= 0.3 is 0 Å². The molecule has 0 saturated heterocycles. The fourth-order valence-electron chi connectivity index (χ4n) is 1.80. The van der Waals surface area contributed by atoms with Gasteiger partial charge in [0.2, 0.25) is 0 Å². The molecule has 0 aliphatic heterocycles. The molecule has 0 aliphatic carbocycles. The second kappa shape index (κ2) is 6.05. The van der Waals surface area contributed by atoms with Crippen LogP contribution in [-0.2, 0) is 22.0 Å². The predicted molar refractivity (Wildman–Crippen MR) is 82.9 cm³/mol. The van der Waals surface area contributed by atoms with Gasteiger partial charge in [-0.15, -0.1) is 0 Å². The van der Waals surface area contributed by atoms with Crippen molar-refractivity contribution in [1.29, 1.82) is 0 Å². The van der Waals surface area contributed by atoms with Gasteiger partial charge in [0.05, 0.1) is 6.54 Å². The van der Waals surface area contributed by atoms with Crippen molar-refractivity contribution < 1.29 is 8.42 Å². The van der Waals surface area contributed by atoms with Gasteiger partial charge in [-0.1, -0.05) is 40.5 Å². The molecule has 2 aromatic rings. The van der Waals surface area contributed by atoms with Crippen LogP contribution >= 0.6 is 38.2 Å². The SMILES string of the molecule is CCc1nc(S(=O)(=O)Cl)cn1Cc1ccc(Br)cc1Cl. The van der Waals surface area contributed by atoms with Crippen LogP contribution in [0.1, 0.15) is 18.3 Å². The highest BCUT2D eigenvalue weighted by Crippen LogP contribution is 2.23. The molecule has 0 amide bonds. The van der Waals surface area contributed by atoms with Gasteiger partial charge in [0, 0.05) is 32.8 Å². The summed E-state index contributed by atoms with van der Waals surface area (Å²) in [6.45, 7) is 2.33. The Labute approximate surface area is 135 Å². The summed E-state index contributed by atoms with van der Waals surface area (Å²) >= 11 is 9.50. The Morgan fingerprint density at radius 2 is 2.10 bits per heavy atom. The summed E-state index contributed by atoms with van der Waals surface area (Å²) in [6, 6.07) is 5.54. The zero-order valence-corrected chi connectivity index (χ0v) is 14.4. The molecule has 1 aromatic carbocycles. The molecule has 0 saturated carbocycles. The lowest BCUT2D eigenvalue weighted by atomic mass is 10.2. The summed E-state index contributed by atoms with van der Waals surface area (Å²) in [5, 5.41) is 0.467. The molecule has 1 heterocycles. The van der Waals surface area contributed by atoms with Crippen LogP contribution in [0.3, 0.4) is 0 Å². The molecular formula is C12H11BrCl2N2O2S. The highest BCUT2D eigenvalue weighted by atomic mass is 79.9. The van der Waals surface area contributed by atoms with Crippen molar-refractivity contribution in [3.63, 3.8) is 0 Å². The fraction of sp³-hybridized carbons (Fsp3) is 0.250. The molecule has 0 aliphatic rings. The normalized spacial score (nSPS) is 11.8. The molecule has 0 N–H and O–H groups in total. The first-order valence-electron chi connectivity index (χ1n) is 5.76. The van der Waals surface area contributed by atoms with E-state index in [0.717, 1.165) is 10.0 Å². The summed E-state index contributed by atoms with van der Waals surface area (Å²) in [5.74, 6) is 0.642. The summed E-state index contributed by atoms with van der Waals surface area (Å²) < 4.78 is 25.3. The van der Waals surface area contributed by atoms with Crippen molar-refractivity contribution in [2.24, 2.45) is 0 Å². The number of aromatic nitrogens is 2. The zero-order valence-electron chi connectivity index (χ0n) is 10.5. The van der Waals surface area contributed by atoms with Crippen LogP contribution in [0, 0.1) is 0 Å². The predicted octanol–water partition coefficient (Wildman–Crippen LogP) is 3.84. The number of aryl methyl sites for hydroxylation is 1. The number of benzene rings is 1. The van der Waals surface area contributed by atoms with Crippen LogP contribution in [0.2, 0.25) is 5.02 Å². The number of hydrogen-bond donors (Lipinski definition) is 0. The van der Waals surface area contributed by atoms with E-state index in [9.17, 15) is 8.42 Å². The monoisotopic (exact) mass is 396 g/mol. The number of halogens is 3. The van der Waals surface area contributed by atoms with E-state index < -0.39 is 9.05 Å². The van der Waals surface area contributed by atoms with E-state index >= 15 is 0 Å². The highest BCUT2D eigenvalue weighted by molar-refractivity contribution is 9.10. The van der Waals surface area contributed by atoms with E-state index in [1.165, 1.54) is 6.20 Å². The number of imidazole rings is 1. The maximum Gasteiger partial charge on any atom is 0.280 e. The zero-order chi connectivity index (χ0) is 14.9. The topological polar surface area (TPSA) is 52.0 Å². The van der Waals surface area contributed by atoms with Crippen molar-refractivity contribution in [2.45, 2.75) is 24.9 Å². The first kappa shape index (κ1) is 15.8. The first-order valence-corrected chi connectivity index (χ1v) is 9.24. The first-order chi connectivity index (χ1) is 9.31. The fourth-order valence-corrected chi connectivity index (χ4v) is 3.22. The van der Waals surface area contributed by atoms with Crippen molar-refractivity contribution in [1.82, 2.24) is 9.55 Å². The largest absolute Gasteiger partial charge is 0.329 e. The average molecular weight is 398 g/mol. The minimum absolute atomic E-state index is 0.135. The van der Waals surface area contributed by atoms with Gasteiger partial charge in [-0.25, -0.2) is 13.4 Å². The molecule has 1 aromatic heterocycles. The van der Waals surface area contributed by atoms with Gasteiger partial charge in [-0.2, -0.15) is 0 Å². The smallest absolute Gasteiger partial charge is 0.280 e. The Kier molecular flexibility index (Phi) is 4.79. The van der Waals surface area contributed by atoms with Gasteiger partial charge < -0.3 is 4.57 Å². The summed E-state index contributed by atoms with van der Waals surface area (Å²) in [6.07, 6.45) is 2.03. The Morgan fingerprint density at radius 3 is 2.65 bits per heavy atom. The molecule has 0 radical (unpaired) electrons.